The molecule has 0 bridgehead atoms. The predicted molar refractivity (Wildman–Crippen MR) is 71.9 cm³/mol. The Morgan fingerprint density at radius 3 is 2.79 bits per heavy atom. The fourth-order valence-electron chi connectivity index (χ4n) is 2.53. The fraction of sp³-hybridized carbons (Fsp3) is 0.429. The summed E-state index contributed by atoms with van der Waals surface area (Å²) >= 11 is 1.80. The highest BCUT2D eigenvalue weighted by Gasteiger charge is 2.48. The molecular formula is C14H15NO3S. The first-order valence-corrected chi connectivity index (χ1v) is 7.40. The van der Waals surface area contributed by atoms with Crippen LogP contribution in [0.5, 0.6) is 0 Å². The number of aliphatic carboxylic acids is 1. The molecule has 1 saturated carbocycles. The summed E-state index contributed by atoms with van der Waals surface area (Å²) in [5.74, 6) is -0.805. The SMILES string of the molecule is O=C(O)C1CC1C(=O)NC1CCSc2ccccc21. The minimum Gasteiger partial charge on any atom is -0.481 e. The highest BCUT2D eigenvalue weighted by molar-refractivity contribution is 7.99. The van der Waals surface area contributed by atoms with E-state index in [9.17, 15) is 9.59 Å². The molecule has 3 rings (SSSR count). The van der Waals surface area contributed by atoms with Crippen LogP contribution in [0.2, 0.25) is 0 Å². The molecule has 2 N–H and O–H groups in total. The van der Waals surface area contributed by atoms with Gasteiger partial charge in [-0.25, -0.2) is 0 Å². The third-order valence-corrected chi connectivity index (χ3v) is 4.84. The summed E-state index contributed by atoms with van der Waals surface area (Å²) in [6.45, 7) is 0. The average molecular weight is 277 g/mol. The number of fused-ring (bicyclic) bond motifs is 1. The maximum atomic E-state index is 12.0. The second-order valence-corrected chi connectivity index (χ2v) is 6.16. The molecule has 0 radical (unpaired) electrons. The first-order valence-electron chi connectivity index (χ1n) is 6.41. The summed E-state index contributed by atoms with van der Waals surface area (Å²) in [4.78, 5) is 24.0. The van der Waals surface area contributed by atoms with Crippen LogP contribution in [0.3, 0.4) is 0 Å². The van der Waals surface area contributed by atoms with Gasteiger partial charge in [0.25, 0.3) is 0 Å². The summed E-state index contributed by atoms with van der Waals surface area (Å²) in [5, 5.41) is 11.9. The van der Waals surface area contributed by atoms with Gasteiger partial charge in [-0.3, -0.25) is 9.59 Å². The van der Waals surface area contributed by atoms with Gasteiger partial charge in [0.2, 0.25) is 5.91 Å². The van der Waals surface area contributed by atoms with E-state index in [2.05, 4.69) is 11.4 Å². The highest BCUT2D eigenvalue weighted by atomic mass is 32.2. The number of carboxylic acid groups (broad SMARTS) is 1. The average Bonchev–Trinajstić information content (AvgIpc) is 3.19. The molecule has 3 unspecified atom stereocenters. The Balaban J connectivity index is 1.68. The minimum atomic E-state index is -0.861. The fourth-order valence-corrected chi connectivity index (χ4v) is 3.65. The maximum Gasteiger partial charge on any atom is 0.307 e. The van der Waals surface area contributed by atoms with Crippen LogP contribution in [-0.4, -0.2) is 22.7 Å². The Morgan fingerprint density at radius 1 is 1.26 bits per heavy atom. The van der Waals surface area contributed by atoms with Crippen LogP contribution >= 0.6 is 11.8 Å². The van der Waals surface area contributed by atoms with Gasteiger partial charge >= 0.3 is 5.97 Å². The monoisotopic (exact) mass is 277 g/mol. The van der Waals surface area contributed by atoms with Crippen molar-refractivity contribution in [2.45, 2.75) is 23.8 Å². The number of thioether (sulfide) groups is 1. The van der Waals surface area contributed by atoms with Gasteiger partial charge in [0.1, 0.15) is 0 Å². The zero-order chi connectivity index (χ0) is 13.4. The van der Waals surface area contributed by atoms with E-state index in [1.54, 1.807) is 11.8 Å². The number of nitrogens with one attached hydrogen (secondary N) is 1. The molecule has 3 atom stereocenters. The van der Waals surface area contributed by atoms with Crippen molar-refractivity contribution in [1.82, 2.24) is 5.32 Å². The van der Waals surface area contributed by atoms with Crippen LogP contribution in [0.1, 0.15) is 24.4 Å². The van der Waals surface area contributed by atoms with E-state index in [-0.39, 0.29) is 17.9 Å². The second-order valence-electron chi connectivity index (χ2n) is 5.02. The first kappa shape index (κ1) is 12.5. The molecule has 1 aliphatic carbocycles. The van der Waals surface area contributed by atoms with Gasteiger partial charge in [0, 0.05) is 10.6 Å². The normalized spacial score (nSPS) is 28.3. The number of hydrogen-bond donors (Lipinski definition) is 2. The van der Waals surface area contributed by atoms with Gasteiger partial charge in [-0.2, -0.15) is 0 Å². The Morgan fingerprint density at radius 2 is 2.05 bits per heavy atom. The molecule has 1 heterocycles. The molecule has 1 fully saturated rings. The Kier molecular flexibility index (Phi) is 3.22. The third-order valence-electron chi connectivity index (χ3n) is 3.72. The standard InChI is InChI=1S/C14H15NO3S/c16-13(9-7-10(9)14(17)18)15-11-5-6-19-12-4-2-1-3-8(11)12/h1-4,9-11H,5-7H2,(H,15,16)(H,17,18). The van der Waals surface area contributed by atoms with Crippen LogP contribution in [0.25, 0.3) is 0 Å². The lowest BCUT2D eigenvalue weighted by atomic mass is 10.0. The lowest BCUT2D eigenvalue weighted by molar-refractivity contribution is -0.140. The van der Waals surface area contributed by atoms with E-state index in [1.165, 1.54) is 4.90 Å². The largest absolute Gasteiger partial charge is 0.481 e. The number of rotatable bonds is 3. The summed E-state index contributed by atoms with van der Waals surface area (Å²) in [6.07, 6.45) is 1.38. The van der Waals surface area contributed by atoms with E-state index < -0.39 is 11.9 Å². The minimum absolute atomic E-state index is 0.0278. The molecule has 19 heavy (non-hydrogen) atoms. The summed E-state index contributed by atoms with van der Waals surface area (Å²) in [5.41, 5.74) is 1.15. The van der Waals surface area contributed by atoms with Crippen molar-refractivity contribution in [3.63, 3.8) is 0 Å². The van der Waals surface area contributed by atoms with E-state index in [1.807, 2.05) is 18.2 Å². The molecule has 1 aromatic rings. The molecule has 1 amide bonds. The van der Waals surface area contributed by atoms with Gasteiger partial charge in [0.15, 0.2) is 0 Å². The van der Waals surface area contributed by atoms with Crippen LogP contribution in [0.15, 0.2) is 29.2 Å². The lowest BCUT2D eigenvalue weighted by Crippen LogP contribution is -2.32. The Bertz CT molecular complexity index is 531. The zero-order valence-electron chi connectivity index (χ0n) is 10.3. The summed E-state index contributed by atoms with van der Waals surface area (Å²) in [6, 6.07) is 8.10. The molecule has 1 aromatic carbocycles. The highest BCUT2D eigenvalue weighted by Crippen LogP contribution is 2.41. The number of amides is 1. The lowest BCUT2D eigenvalue weighted by Gasteiger charge is -2.25. The van der Waals surface area contributed by atoms with Crippen molar-refractivity contribution in [2.75, 3.05) is 5.75 Å². The molecular weight excluding hydrogens is 262 g/mol. The van der Waals surface area contributed by atoms with Gasteiger partial charge in [-0.05, 0) is 24.5 Å². The third kappa shape index (κ3) is 2.47. The molecule has 0 saturated heterocycles. The quantitative estimate of drug-likeness (QED) is 0.887. The van der Waals surface area contributed by atoms with Crippen molar-refractivity contribution in [3.8, 4) is 0 Å². The molecule has 100 valence electrons. The van der Waals surface area contributed by atoms with E-state index in [4.69, 9.17) is 5.11 Å². The molecule has 4 nitrogen and oxygen atoms in total. The van der Waals surface area contributed by atoms with Gasteiger partial charge < -0.3 is 10.4 Å². The molecule has 0 aromatic heterocycles. The van der Waals surface area contributed by atoms with Crippen molar-refractivity contribution in [3.05, 3.63) is 29.8 Å². The first-order chi connectivity index (χ1) is 9.16. The number of benzene rings is 1. The summed E-state index contributed by atoms with van der Waals surface area (Å²) < 4.78 is 0. The van der Waals surface area contributed by atoms with Gasteiger partial charge in [-0.1, -0.05) is 18.2 Å². The van der Waals surface area contributed by atoms with Gasteiger partial charge in [-0.15, -0.1) is 11.8 Å². The van der Waals surface area contributed by atoms with E-state index in [0.717, 1.165) is 17.7 Å². The number of carbonyl (C=O) groups is 2. The van der Waals surface area contributed by atoms with Crippen LogP contribution in [-0.2, 0) is 9.59 Å². The molecule has 1 aliphatic heterocycles. The smallest absolute Gasteiger partial charge is 0.307 e. The molecule has 2 aliphatic rings. The van der Waals surface area contributed by atoms with Crippen LogP contribution < -0.4 is 5.32 Å². The van der Waals surface area contributed by atoms with Crippen LogP contribution in [0.4, 0.5) is 0 Å². The number of carboxylic acids is 1. The zero-order valence-corrected chi connectivity index (χ0v) is 11.2. The molecule has 0 spiro atoms. The van der Waals surface area contributed by atoms with E-state index >= 15 is 0 Å². The number of carbonyl (C=O) groups excluding carboxylic acids is 1. The predicted octanol–water partition coefficient (Wildman–Crippen LogP) is 2.06. The second kappa shape index (κ2) is 4.89. The van der Waals surface area contributed by atoms with E-state index in [0.29, 0.717) is 6.42 Å². The Labute approximate surface area is 115 Å². The Hall–Kier alpha value is -1.49. The van der Waals surface area contributed by atoms with Crippen molar-refractivity contribution < 1.29 is 14.7 Å². The number of hydrogen-bond acceptors (Lipinski definition) is 3. The van der Waals surface area contributed by atoms with Crippen LogP contribution in [0, 0.1) is 11.8 Å². The summed E-state index contributed by atoms with van der Waals surface area (Å²) in [7, 11) is 0. The van der Waals surface area contributed by atoms with Crippen molar-refractivity contribution in [1.29, 1.82) is 0 Å². The maximum absolute atomic E-state index is 12.0. The van der Waals surface area contributed by atoms with Crippen molar-refractivity contribution in [2.24, 2.45) is 11.8 Å². The van der Waals surface area contributed by atoms with Crippen molar-refractivity contribution >= 4 is 23.6 Å². The topological polar surface area (TPSA) is 66.4 Å². The van der Waals surface area contributed by atoms with Gasteiger partial charge in [0.05, 0.1) is 17.9 Å². The molecule has 5 heteroatoms.